The van der Waals surface area contributed by atoms with Crippen molar-refractivity contribution in [2.75, 3.05) is 0 Å². The molecule has 27 heavy (non-hydrogen) atoms. The number of aryl methyl sites for hydroxylation is 2. The van der Waals surface area contributed by atoms with Crippen LogP contribution in [0.2, 0.25) is 0 Å². The first-order valence-electron chi connectivity index (χ1n) is 9.14. The minimum absolute atomic E-state index is 0.172. The Balaban J connectivity index is 1.94. The molecule has 0 unspecified atom stereocenters. The van der Waals surface area contributed by atoms with Crippen molar-refractivity contribution < 1.29 is 13.5 Å². The summed E-state index contributed by atoms with van der Waals surface area (Å²) in [6.45, 7) is 5.84. The monoisotopic (exact) mass is 386 g/mol. The molecule has 1 aliphatic carbocycles. The summed E-state index contributed by atoms with van der Waals surface area (Å²) in [4.78, 5) is 2.54. The van der Waals surface area contributed by atoms with E-state index in [1.54, 1.807) is 24.3 Å². The molecule has 0 radical (unpaired) electrons. The van der Waals surface area contributed by atoms with Gasteiger partial charge in [0.15, 0.2) is 0 Å². The second-order valence-corrected chi connectivity index (χ2v) is 9.10. The summed E-state index contributed by atoms with van der Waals surface area (Å²) >= 11 is 0. The van der Waals surface area contributed by atoms with Crippen molar-refractivity contribution in [3.63, 3.8) is 0 Å². The van der Waals surface area contributed by atoms with Crippen molar-refractivity contribution in [2.45, 2.75) is 56.4 Å². The number of nitrogens with one attached hydrogen (secondary N) is 1. The van der Waals surface area contributed by atoms with E-state index in [0.29, 0.717) is 18.6 Å². The van der Waals surface area contributed by atoms with Crippen LogP contribution in [0.3, 0.4) is 0 Å². The predicted octanol–water partition coefficient (Wildman–Crippen LogP) is 3.44. The summed E-state index contributed by atoms with van der Waals surface area (Å²) < 4.78 is 25.2. The lowest BCUT2D eigenvalue weighted by Crippen LogP contribution is -2.48. The van der Waals surface area contributed by atoms with Crippen molar-refractivity contribution in [2.24, 2.45) is 5.10 Å². The smallest absolute Gasteiger partial charge is 0.276 e. The zero-order valence-electron chi connectivity index (χ0n) is 15.9. The highest BCUT2D eigenvalue weighted by Crippen LogP contribution is 2.37. The van der Waals surface area contributed by atoms with Crippen LogP contribution in [-0.4, -0.2) is 25.3 Å². The molecule has 2 aromatic rings. The van der Waals surface area contributed by atoms with E-state index in [4.69, 9.17) is 0 Å². The van der Waals surface area contributed by atoms with Gasteiger partial charge in [0.25, 0.3) is 10.0 Å². The summed E-state index contributed by atoms with van der Waals surface area (Å²) in [7, 11) is -3.75. The Morgan fingerprint density at radius 1 is 1.04 bits per heavy atom. The van der Waals surface area contributed by atoms with Gasteiger partial charge in [0, 0.05) is 0 Å². The fourth-order valence-electron chi connectivity index (χ4n) is 3.52. The molecule has 2 atom stereocenters. The molecular formula is C21H26N2O3S. The number of hydrogen-bond acceptors (Lipinski definition) is 4. The highest BCUT2D eigenvalue weighted by Gasteiger charge is 2.42. The van der Waals surface area contributed by atoms with E-state index in [0.717, 1.165) is 23.1 Å². The van der Waals surface area contributed by atoms with Gasteiger partial charge in [0.05, 0.1) is 22.1 Å². The van der Waals surface area contributed by atoms with Gasteiger partial charge < -0.3 is 5.11 Å². The quantitative estimate of drug-likeness (QED) is 0.790. The van der Waals surface area contributed by atoms with Gasteiger partial charge in [-0.1, -0.05) is 47.5 Å². The fraction of sp³-hybridized carbons (Fsp3) is 0.381. The average molecular weight is 387 g/mol. The lowest BCUT2D eigenvalue weighted by Gasteiger charge is -2.40. The molecule has 144 valence electrons. The van der Waals surface area contributed by atoms with E-state index in [1.165, 1.54) is 0 Å². The van der Waals surface area contributed by atoms with Gasteiger partial charge in [-0.15, -0.1) is 0 Å². The van der Waals surface area contributed by atoms with Gasteiger partial charge in [-0.25, -0.2) is 4.83 Å². The van der Waals surface area contributed by atoms with Gasteiger partial charge in [-0.3, -0.25) is 0 Å². The molecule has 2 aromatic carbocycles. The lowest BCUT2D eigenvalue weighted by molar-refractivity contribution is 0.103. The molecule has 0 amide bonds. The molecule has 1 aliphatic rings. The molecule has 0 aromatic heterocycles. The van der Waals surface area contributed by atoms with E-state index in [9.17, 15) is 13.5 Å². The topological polar surface area (TPSA) is 78.8 Å². The molecule has 0 aliphatic heterocycles. The Hall–Kier alpha value is -2.18. The molecule has 1 saturated carbocycles. The third-order valence-corrected chi connectivity index (χ3v) is 6.66. The SMILES string of the molecule is Cc1ccc([C@]2(C)/C(=N/NS(=O)(=O)c3ccc(C)cc3)CCC[C@@H]2O)cc1. The second kappa shape index (κ2) is 7.44. The van der Waals surface area contributed by atoms with E-state index < -0.39 is 21.5 Å². The summed E-state index contributed by atoms with van der Waals surface area (Å²) in [6.07, 6.45) is 1.45. The zero-order chi connectivity index (χ0) is 19.7. The van der Waals surface area contributed by atoms with E-state index in [1.807, 2.05) is 45.0 Å². The van der Waals surface area contributed by atoms with Gasteiger partial charge >= 0.3 is 0 Å². The summed E-state index contributed by atoms with van der Waals surface area (Å²) in [5, 5.41) is 15.0. The first-order valence-corrected chi connectivity index (χ1v) is 10.6. The van der Waals surface area contributed by atoms with Gasteiger partial charge in [0.1, 0.15) is 0 Å². The number of benzene rings is 2. The maximum absolute atomic E-state index is 12.6. The number of aliphatic hydroxyl groups is 1. The van der Waals surface area contributed by atoms with Crippen LogP contribution in [0.15, 0.2) is 58.5 Å². The molecule has 6 heteroatoms. The Labute approximate surface area is 161 Å². The van der Waals surface area contributed by atoms with E-state index >= 15 is 0 Å². The molecule has 3 rings (SSSR count). The Bertz CT molecular complexity index is 934. The average Bonchev–Trinajstić information content (AvgIpc) is 2.64. The van der Waals surface area contributed by atoms with Crippen LogP contribution in [0.4, 0.5) is 0 Å². The summed E-state index contributed by atoms with van der Waals surface area (Å²) in [5.74, 6) is 0. The zero-order valence-corrected chi connectivity index (χ0v) is 16.8. The molecular weight excluding hydrogens is 360 g/mol. The van der Waals surface area contributed by atoms with Crippen LogP contribution in [0.1, 0.15) is 42.9 Å². The molecule has 5 nitrogen and oxygen atoms in total. The highest BCUT2D eigenvalue weighted by atomic mass is 32.2. The molecule has 0 saturated heterocycles. The van der Waals surface area contributed by atoms with Crippen LogP contribution >= 0.6 is 0 Å². The Morgan fingerprint density at radius 2 is 1.59 bits per heavy atom. The highest BCUT2D eigenvalue weighted by molar-refractivity contribution is 7.89. The normalized spacial score (nSPS) is 24.7. The van der Waals surface area contributed by atoms with Gasteiger partial charge in [0.2, 0.25) is 0 Å². The number of sulfonamides is 1. The van der Waals surface area contributed by atoms with Crippen LogP contribution in [0.25, 0.3) is 0 Å². The Morgan fingerprint density at radius 3 is 2.19 bits per heavy atom. The first-order chi connectivity index (χ1) is 12.7. The first kappa shape index (κ1) is 19.6. The fourth-order valence-corrected chi connectivity index (χ4v) is 4.35. The van der Waals surface area contributed by atoms with Crippen molar-refractivity contribution in [3.8, 4) is 0 Å². The third-order valence-electron chi connectivity index (χ3n) is 5.44. The second-order valence-electron chi connectivity index (χ2n) is 7.44. The van der Waals surface area contributed by atoms with Crippen LogP contribution in [-0.2, 0) is 15.4 Å². The summed E-state index contributed by atoms with van der Waals surface area (Å²) in [6, 6.07) is 14.6. The standard InChI is InChI=1S/C21H26N2O3S/c1-15-7-11-17(12-8-15)21(3)19(5-4-6-20(21)24)22-23-27(25,26)18-13-9-16(2)10-14-18/h7-14,20,23-24H,4-6H2,1-3H3/b22-19+/t20-,21+/m0/s1. The number of hydrogen-bond donors (Lipinski definition) is 2. The molecule has 0 spiro atoms. The largest absolute Gasteiger partial charge is 0.392 e. The maximum atomic E-state index is 12.6. The number of hydrazone groups is 1. The summed E-state index contributed by atoms with van der Waals surface area (Å²) in [5.41, 5.74) is 2.99. The third kappa shape index (κ3) is 3.92. The Kier molecular flexibility index (Phi) is 5.40. The number of rotatable bonds is 4. The van der Waals surface area contributed by atoms with Crippen molar-refractivity contribution in [3.05, 3.63) is 65.2 Å². The van der Waals surface area contributed by atoms with Crippen molar-refractivity contribution in [1.82, 2.24) is 4.83 Å². The molecule has 0 bridgehead atoms. The maximum Gasteiger partial charge on any atom is 0.276 e. The van der Waals surface area contributed by atoms with E-state index in [-0.39, 0.29) is 4.90 Å². The minimum atomic E-state index is -3.75. The minimum Gasteiger partial charge on any atom is -0.392 e. The molecule has 1 fully saturated rings. The number of nitrogens with zero attached hydrogens (tertiary/aromatic N) is 1. The molecule has 2 N–H and O–H groups in total. The van der Waals surface area contributed by atoms with Crippen LogP contribution < -0.4 is 4.83 Å². The van der Waals surface area contributed by atoms with E-state index in [2.05, 4.69) is 9.93 Å². The van der Waals surface area contributed by atoms with Crippen molar-refractivity contribution in [1.29, 1.82) is 0 Å². The van der Waals surface area contributed by atoms with Crippen molar-refractivity contribution >= 4 is 15.7 Å². The van der Waals surface area contributed by atoms with Crippen LogP contribution in [0.5, 0.6) is 0 Å². The van der Waals surface area contributed by atoms with Gasteiger partial charge in [-0.2, -0.15) is 13.5 Å². The molecule has 0 heterocycles. The lowest BCUT2D eigenvalue weighted by atomic mass is 9.67. The predicted molar refractivity (Wildman–Crippen MR) is 107 cm³/mol. The number of aliphatic hydroxyl groups excluding tert-OH is 1. The van der Waals surface area contributed by atoms with Gasteiger partial charge in [-0.05, 0) is 57.7 Å². The van der Waals surface area contributed by atoms with Crippen LogP contribution in [0, 0.1) is 13.8 Å².